The Labute approximate surface area is 116 Å². The first-order valence-corrected chi connectivity index (χ1v) is 6.85. The van der Waals surface area contributed by atoms with Crippen molar-refractivity contribution in [3.8, 4) is 0 Å². The van der Waals surface area contributed by atoms with E-state index in [1.807, 2.05) is 0 Å². The molecular formula is C19H22. The van der Waals surface area contributed by atoms with Crippen LogP contribution in [0.15, 0.2) is 42.5 Å². The lowest BCUT2D eigenvalue weighted by atomic mass is 9.89. The fourth-order valence-corrected chi connectivity index (χ4v) is 2.54. The predicted octanol–water partition coefficient (Wildman–Crippen LogP) is 5.37. The van der Waals surface area contributed by atoms with Gasteiger partial charge in [0.15, 0.2) is 0 Å². The van der Waals surface area contributed by atoms with E-state index in [1.54, 1.807) is 0 Å². The van der Waals surface area contributed by atoms with E-state index in [2.05, 4.69) is 77.1 Å². The standard InChI is InChI=1S/C19H22/c1-6-17(18-11-7-9-13(2)15(18)4)19-12-8-10-14(3)16(19)5/h6-12H,1-5H3. The van der Waals surface area contributed by atoms with E-state index in [0.717, 1.165) is 0 Å². The van der Waals surface area contributed by atoms with E-state index in [0.29, 0.717) is 0 Å². The monoisotopic (exact) mass is 250 g/mol. The van der Waals surface area contributed by atoms with Crippen molar-refractivity contribution in [2.75, 3.05) is 0 Å². The molecule has 0 heterocycles. The Bertz CT molecular complexity index is 577. The van der Waals surface area contributed by atoms with Crippen LogP contribution >= 0.6 is 0 Å². The first-order valence-electron chi connectivity index (χ1n) is 6.85. The van der Waals surface area contributed by atoms with Gasteiger partial charge in [0, 0.05) is 0 Å². The third kappa shape index (κ3) is 2.49. The summed E-state index contributed by atoms with van der Waals surface area (Å²) in [7, 11) is 0. The number of allylic oxidation sites excluding steroid dienone is 1. The lowest BCUT2D eigenvalue weighted by Crippen LogP contribution is -1.97. The van der Waals surface area contributed by atoms with Gasteiger partial charge in [-0.15, -0.1) is 0 Å². The van der Waals surface area contributed by atoms with Gasteiger partial charge in [-0.05, 0) is 73.6 Å². The molecule has 0 spiro atoms. The third-order valence-electron chi connectivity index (χ3n) is 4.08. The highest BCUT2D eigenvalue weighted by Gasteiger charge is 2.11. The first kappa shape index (κ1) is 13.6. The number of hydrogen-bond acceptors (Lipinski definition) is 0. The van der Waals surface area contributed by atoms with E-state index in [1.165, 1.54) is 39.0 Å². The molecule has 0 fully saturated rings. The molecular weight excluding hydrogens is 228 g/mol. The second-order valence-corrected chi connectivity index (χ2v) is 5.20. The van der Waals surface area contributed by atoms with Gasteiger partial charge in [-0.2, -0.15) is 0 Å². The first-order chi connectivity index (χ1) is 9.06. The normalized spacial score (nSPS) is 10.4. The maximum atomic E-state index is 2.23. The van der Waals surface area contributed by atoms with Gasteiger partial charge in [0.1, 0.15) is 0 Å². The second kappa shape index (κ2) is 5.44. The SMILES string of the molecule is CC=C(c1cccc(C)c1C)c1cccc(C)c1C. The lowest BCUT2D eigenvalue weighted by Gasteiger charge is -2.16. The van der Waals surface area contributed by atoms with Gasteiger partial charge in [0.05, 0.1) is 0 Å². The highest BCUT2D eigenvalue weighted by molar-refractivity contribution is 5.83. The number of aryl methyl sites for hydroxylation is 2. The summed E-state index contributed by atoms with van der Waals surface area (Å²) in [5, 5.41) is 0. The molecule has 0 aromatic heterocycles. The van der Waals surface area contributed by atoms with E-state index < -0.39 is 0 Å². The third-order valence-corrected chi connectivity index (χ3v) is 4.08. The summed E-state index contributed by atoms with van der Waals surface area (Å²) in [6.07, 6.45) is 2.23. The Morgan fingerprint density at radius 2 is 1.16 bits per heavy atom. The van der Waals surface area contributed by atoms with Crippen molar-refractivity contribution >= 4 is 5.57 Å². The summed E-state index contributed by atoms with van der Waals surface area (Å²) in [5.74, 6) is 0. The Hall–Kier alpha value is -1.82. The van der Waals surface area contributed by atoms with E-state index in [9.17, 15) is 0 Å². The smallest absolute Gasteiger partial charge is 0.0149 e. The maximum Gasteiger partial charge on any atom is -0.0149 e. The second-order valence-electron chi connectivity index (χ2n) is 5.20. The van der Waals surface area contributed by atoms with Crippen molar-refractivity contribution in [2.45, 2.75) is 34.6 Å². The number of benzene rings is 2. The molecule has 2 aromatic rings. The fraction of sp³-hybridized carbons (Fsp3) is 0.263. The molecule has 2 rings (SSSR count). The quantitative estimate of drug-likeness (QED) is 0.672. The van der Waals surface area contributed by atoms with Crippen LogP contribution in [0.3, 0.4) is 0 Å². The molecule has 0 radical (unpaired) electrons. The summed E-state index contributed by atoms with van der Waals surface area (Å²) in [6, 6.07) is 13.1. The van der Waals surface area contributed by atoms with Crippen LogP contribution in [0.4, 0.5) is 0 Å². The van der Waals surface area contributed by atoms with Crippen LogP contribution in [0.5, 0.6) is 0 Å². The minimum absolute atomic E-state index is 1.34. The van der Waals surface area contributed by atoms with Crippen molar-refractivity contribution in [3.05, 3.63) is 75.9 Å². The molecule has 0 N–H and O–H groups in total. The average molecular weight is 250 g/mol. The molecule has 0 unspecified atom stereocenters. The van der Waals surface area contributed by atoms with Crippen LogP contribution in [-0.2, 0) is 0 Å². The zero-order valence-electron chi connectivity index (χ0n) is 12.5. The highest BCUT2D eigenvalue weighted by atomic mass is 14.1. The van der Waals surface area contributed by atoms with Crippen molar-refractivity contribution < 1.29 is 0 Å². The zero-order chi connectivity index (χ0) is 14.0. The van der Waals surface area contributed by atoms with Crippen molar-refractivity contribution in [3.63, 3.8) is 0 Å². The Morgan fingerprint density at radius 3 is 1.53 bits per heavy atom. The molecule has 0 amide bonds. The Kier molecular flexibility index (Phi) is 3.90. The van der Waals surface area contributed by atoms with Crippen molar-refractivity contribution in [1.82, 2.24) is 0 Å². The lowest BCUT2D eigenvalue weighted by molar-refractivity contribution is 1.28. The molecule has 0 saturated carbocycles. The summed E-state index contributed by atoms with van der Waals surface area (Å²) in [4.78, 5) is 0. The zero-order valence-corrected chi connectivity index (χ0v) is 12.5. The molecule has 98 valence electrons. The van der Waals surface area contributed by atoms with Gasteiger partial charge in [0.25, 0.3) is 0 Å². The van der Waals surface area contributed by atoms with Gasteiger partial charge >= 0.3 is 0 Å². The van der Waals surface area contributed by atoms with Crippen LogP contribution in [-0.4, -0.2) is 0 Å². The van der Waals surface area contributed by atoms with Crippen LogP contribution in [0.25, 0.3) is 5.57 Å². The average Bonchev–Trinajstić information content (AvgIpc) is 2.40. The van der Waals surface area contributed by atoms with Crippen molar-refractivity contribution in [2.24, 2.45) is 0 Å². The summed E-state index contributed by atoms with van der Waals surface area (Å²) in [6.45, 7) is 10.9. The van der Waals surface area contributed by atoms with E-state index in [4.69, 9.17) is 0 Å². The minimum Gasteiger partial charge on any atom is -0.0792 e. The van der Waals surface area contributed by atoms with Crippen LogP contribution in [0.2, 0.25) is 0 Å². The molecule has 0 atom stereocenters. The molecule has 0 bridgehead atoms. The minimum atomic E-state index is 1.34. The molecule has 0 heteroatoms. The molecule has 0 saturated heterocycles. The van der Waals surface area contributed by atoms with Crippen LogP contribution < -0.4 is 0 Å². The Morgan fingerprint density at radius 1 is 0.737 bits per heavy atom. The topological polar surface area (TPSA) is 0 Å². The van der Waals surface area contributed by atoms with Gasteiger partial charge < -0.3 is 0 Å². The summed E-state index contributed by atoms with van der Waals surface area (Å²) >= 11 is 0. The van der Waals surface area contributed by atoms with Gasteiger partial charge in [-0.1, -0.05) is 42.5 Å². The molecule has 0 aliphatic carbocycles. The maximum absolute atomic E-state index is 2.23. The number of hydrogen-bond donors (Lipinski definition) is 0. The number of rotatable bonds is 2. The highest BCUT2D eigenvalue weighted by Crippen LogP contribution is 2.30. The van der Waals surface area contributed by atoms with Crippen LogP contribution in [0.1, 0.15) is 40.3 Å². The van der Waals surface area contributed by atoms with E-state index in [-0.39, 0.29) is 0 Å². The van der Waals surface area contributed by atoms with Crippen molar-refractivity contribution in [1.29, 1.82) is 0 Å². The molecule has 0 aliphatic rings. The van der Waals surface area contributed by atoms with Crippen LogP contribution in [0, 0.1) is 27.7 Å². The largest absolute Gasteiger partial charge is 0.0792 e. The van der Waals surface area contributed by atoms with Gasteiger partial charge in [0.2, 0.25) is 0 Å². The van der Waals surface area contributed by atoms with Gasteiger partial charge in [-0.25, -0.2) is 0 Å². The Balaban J connectivity index is 2.64. The fourth-order valence-electron chi connectivity index (χ4n) is 2.54. The molecule has 2 aromatic carbocycles. The van der Waals surface area contributed by atoms with Gasteiger partial charge in [-0.3, -0.25) is 0 Å². The predicted molar refractivity (Wildman–Crippen MR) is 84.6 cm³/mol. The summed E-state index contributed by atoms with van der Waals surface area (Å²) < 4.78 is 0. The molecule has 0 nitrogen and oxygen atoms in total. The molecule has 19 heavy (non-hydrogen) atoms. The summed E-state index contributed by atoms with van der Waals surface area (Å²) in [5.41, 5.74) is 9.46. The molecule has 0 aliphatic heterocycles. The van der Waals surface area contributed by atoms with E-state index >= 15 is 0 Å².